The van der Waals surface area contributed by atoms with Crippen LogP contribution in [0.15, 0.2) is 53.2 Å². The normalized spacial score (nSPS) is 22.2. The number of hydrogen-bond acceptors (Lipinski definition) is 3. The molecule has 1 aliphatic rings. The molecule has 0 spiro atoms. The van der Waals surface area contributed by atoms with E-state index in [0.29, 0.717) is 12.3 Å². The number of aliphatic hydroxyl groups excluding tert-OH is 1. The van der Waals surface area contributed by atoms with Crippen LogP contribution in [0.25, 0.3) is 0 Å². The van der Waals surface area contributed by atoms with E-state index in [4.69, 9.17) is 0 Å². The molecule has 0 saturated carbocycles. The van der Waals surface area contributed by atoms with Crippen molar-refractivity contribution in [3.8, 4) is 0 Å². The van der Waals surface area contributed by atoms with Crippen molar-refractivity contribution >= 4 is 5.71 Å². The smallest absolute Gasteiger partial charge is 0.114 e. The molecule has 1 unspecified atom stereocenters. The van der Waals surface area contributed by atoms with Crippen LogP contribution >= 0.6 is 0 Å². The van der Waals surface area contributed by atoms with Crippen molar-refractivity contribution in [3.63, 3.8) is 0 Å². The van der Waals surface area contributed by atoms with Crippen LogP contribution < -0.4 is 0 Å². The van der Waals surface area contributed by atoms with Crippen LogP contribution in [0.2, 0.25) is 0 Å². The molecule has 1 heterocycles. The van der Waals surface area contributed by atoms with Crippen LogP contribution in [-0.2, 0) is 6.54 Å². The topological polar surface area (TPSA) is 45.5 Å². The Balaban J connectivity index is 2.11. The van der Waals surface area contributed by atoms with E-state index in [0.717, 1.165) is 11.3 Å². The van der Waals surface area contributed by atoms with E-state index < -0.39 is 6.10 Å². The zero-order chi connectivity index (χ0) is 11.4. The van der Waals surface area contributed by atoms with E-state index in [1.54, 1.807) is 12.3 Å². The number of aliphatic imine (C=N–C) groups is 1. The van der Waals surface area contributed by atoms with Gasteiger partial charge in [0.05, 0.1) is 18.0 Å². The molecule has 1 atom stereocenters. The van der Waals surface area contributed by atoms with Gasteiger partial charge in [-0.2, -0.15) is 0 Å². The highest BCUT2D eigenvalue weighted by atomic mass is 16.3. The number of hydrogen-bond donors (Lipinski definition) is 1. The van der Waals surface area contributed by atoms with Gasteiger partial charge < -0.3 is 5.11 Å². The van der Waals surface area contributed by atoms with Crippen LogP contribution in [-0.4, -0.2) is 21.9 Å². The minimum absolute atomic E-state index is 0.505. The second-order valence-corrected chi connectivity index (χ2v) is 3.75. The lowest BCUT2D eigenvalue weighted by molar-refractivity contribution is 0.288. The Kier molecular flexibility index (Phi) is 3.27. The van der Waals surface area contributed by atoms with Gasteiger partial charge in [0.25, 0.3) is 0 Å². The first-order valence-electron chi connectivity index (χ1n) is 5.24. The highest BCUT2D eigenvalue weighted by Crippen LogP contribution is 2.09. The van der Waals surface area contributed by atoms with Crippen LogP contribution in [0.3, 0.4) is 0 Å². The average Bonchev–Trinajstić information content (AvgIpc) is 2.32. The minimum Gasteiger partial charge on any atom is -0.383 e. The molecule has 0 fully saturated rings. The predicted octanol–water partition coefficient (Wildman–Crippen LogP) is 1.90. The largest absolute Gasteiger partial charge is 0.383 e. The molecule has 1 N–H and O–H groups in total. The quantitative estimate of drug-likeness (QED) is 0.817. The van der Waals surface area contributed by atoms with Crippen molar-refractivity contribution in [2.45, 2.75) is 19.6 Å². The fourth-order valence-electron chi connectivity index (χ4n) is 1.51. The molecule has 1 aromatic heterocycles. The number of rotatable bonds is 2. The number of pyridine rings is 1. The van der Waals surface area contributed by atoms with Gasteiger partial charge in [-0.3, -0.25) is 9.98 Å². The Hall–Kier alpha value is -1.74. The summed E-state index contributed by atoms with van der Waals surface area (Å²) in [4.78, 5) is 8.54. The summed E-state index contributed by atoms with van der Waals surface area (Å²) in [6.45, 7) is 2.49. The van der Waals surface area contributed by atoms with Gasteiger partial charge in [-0.15, -0.1) is 0 Å². The standard InChI is InChI=1S/C13H14N2O/c1-10-5-6-13(16)12(8-10)15-9-11-4-2-3-7-14-11/h2-8,13,16H,9H2,1H3/b15-12+. The lowest BCUT2D eigenvalue weighted by Gasteiger charge is -2.11. The number of nitrogens with zero attached hydrogens (tertiary/aromatic N) is 2. The number of aliphatic hydroxyl groups is 1. The Morgan fingerprint density at radius 2 is 2.31 bits per heavy atom. The molecule has 0 aliphatic heterocycles. The summed E-state index contributed by atoms with van der Waals surface area (Å²) in [5, 5.41) is 9.68. The van der Waals surface area contributed by atoms with Gasteiger partial charge in [0.1, 0.15) is 6.10 Å². The van der Waals surface area contributed by atoms with Crippen molar-refractivity contribution in [1.82, 2.24) is 4.98 Å². The third-order valence-electron chi connectivity index (χ3n) is 2.37. The summed E-state index contributed by atoms with van der Waals surface area (Å²) in [5.74, 6) is 0. The molecule has 0 radical (unpaired) electrons. The first kappa shape index (κ1) is 10.8. The predicted molar refractivity (Wildman–Crippen MR) is 64.3 cm³/mol. The van der Waals surface area contributed by atoms with Crippen LogP contribution in [0.5, 0.6) is 0 Å². The molecular weight excluding hydrogens is 200 g/mol. The minimum atomic E-state index is -0.590. The van der Waals surface area contributed by atoms with Crippen molar-refractivity contribution < 1.29 is 5.11 Å². The summed E-state index contributed by atoms with van der Waals surface area (Å²) < 4.78 is 0. The van der Waals surface area contributed by atoms with E-state index in [-0.39, 0.29) is 0 Å². The van der Waals surface area contributed by atoms with Crippen LogP contribution in [0, 0.1) is 0 Å². The molecule has 3 heteroatoms. The maximum atomic E-state index is 9.68. The molecule has 0 aromatic carbocycles. The first-order chi connectivity index (χ1) is 7.75. The Morgan fingerprint density at radius 1 is 1.44 bits per heavy atom. The summed E-state index contributed by atoms with van der Waals surface area (Å²) in [6, 6.07) is 5.73. The molecular formula is C13H14N2O. The van der Waals surface area contributed by atoms with Gasteiger partial charge >= 0.3 is 0 Å². The summed E-state index contributed by atoms with van der Waals surface area (Å²) in [5.41, 5.74) is 2.71. The van der Waals surface area contributed by atoms with Gasteiger partial charge in [-0.25, -0.2) is 0 Å². The average molecular weight is 214 g/mol. The third kappa shape index (κ3) is 2.64. The summed E-state index contributed by atoms with van der Waals surface area (Å²) in [6.07, 6.45) is 6.69. The molecule has 0 saturated heterocycles. The van der Waals surface area contributed by atoms with Gasteiger partial charge in [0, 0.05) is 6.20 Å². The van der Waals surface area contributed by atoms with E-state index in [2.05, 4.69) is 9.98 Å². The van der Waals surface area contributed by atoms with Gasteiger partial charge in [0.15, 0.2) is 0 Å². The molecule has 16 heavy (non-hydrogen) atoms. The molecule has 2 rings (SSSR count). The molecule has 3 nitrogen and oxygen atoms in total. The van der Waals surface area contributed by atoms with Crippen molar-refractivity contribution in [3.05, 3.63) is 53.9 Å². The monoisotopic (exact) mass is 214 g/mol. The van der Waals surface area contributed by atoms with Crippen LogP contribution in [0.1, 0.15) is 12.6 Å². The fraction of sp³-hybridized carbons (Fsp3) is 0.231. The molecule has 0 amide bonds. The highest BCUT2D eigenvalue weighted by molar-refractivity contribution is 6.01. The zero-order valence-electron chi connectivity index (χ0n) is 9.17. The van der Waals surface area contributed by atoms with Crippen molar-refractivity contribution in [2.75, 3.05) is 0 Å². The zero-order valence-corrected chi connectivity index (χ0v) is 9.17. The maximum Gasteiger partial charge on any atom is 0.114 e. The third-order valence-corrected chi connectivity index (χ3v) is 2.37. The van der Waals surface area contributed by atoms with Crippen molar-refractivity contribution in [1.29, 1.82) is 0 Å². The lowest BCUT2D eigenvalue weighted by Crippen LogP contribution is -2.18. The first-order valence-corrected chi connectivity index (χ1v) is 5.24. The highest BCUT2D eigenvalue weighted by Gasteiger charge is 2.10. The maximum absolute atomic E-state index is 9.68. The Morgan fingerprint density at radius 3 is 3.06 bits per heavy atom. The molecule has 1 aromatic rings. The van der Waals surface area contributed by atoms with Gasteiger partial charge in [-0.05, 0) is 36.8 Å². The molecule has 0 bridgehead atoms. The lowest BCUT2D eigenvalue weighted by atomic mass is 10.0. The Labute approximate surface area is 94.9 Å². The second kappa shape index (κ2) is 4.86. The summed E-state index contributed by atoms with van der Waals surface area (Å²) in [7, 11) is 0. The number of allylic oxidation sites excluding steroid dienone is 2. The van der Waals surface area contributed by atoms with E-state index in [1.807, 2.05) is 37.3 Å². The summed E-state index contributed by atoms with van der Waals surface area (Å²) >= 11 is 0. The fourth-order valence-corrected chi connectivity index (χ4v) is 1.51. The van der Waals surface area contributed by atoms with Gasteiger partial charge in [0.2, 0.25) is 0 Å². The number of aromatic nitrogens is 1. The van der Waals surface area contributed by atoms with E-state index >= 15 is 0 Å². The van der Waals surface area contributed by atoms with Crippen LogP contribution in [0.4, 0.5) is 0 Å². The molecule has 82 valence electrons. The van der Waals surface area contributed by atoms with Gasteiger partial charge in [-0.1, -0.05) is 12.1 Å². The molecule has 1 aliphatic carbocycles. The second-order valence-electron chi connectivity index (χ2n) is 3.75. The Bertz CT molecular complexity index is 446. The SMILES string of the molecule is CC1=C/C(=N\Cc2ccccn2)C(O)C=C1. The van der Waals surface area contributed by atoms with Crippen molar-refractivity contribution in [2.24, 2.45) is 4.99 Å². The van der Waals surface area contributed by atoms with E-state index in [1.165, 1.54) is 0 Å². The van der Waals surface area contributed by atoms with E-state index in [9.17, 15) is 5.11 Å².